The molecule has 0 atom stereocenters. The zero-order valence-electron chi connectivity index (χ0n) is 13.9. The van der Waals surface area contributed by atoms with E-state index in [0.29, 0.717) is 0 Å². The lowest BCUT2D eigenvalue weighted by molar-refractivity contribution is -0.384. The smallest absolute Gasteiger partial charge is 0.295 e. The summed E-state index contributed by atoms with van der Waals surface area (Å²) in [5.41, 5.74) is 7.62. The van der Waals surface area contributed by atoms with Crippen molar-refractivity contribution in [3.8, 4) is 0 Å². The molecule has 0 heterocycles. The first-order chi connectivity index (χ1) is 12.1. The second kappa shape index (κ2) is 7.64. The predicted molar refractivity (Wildman–Crippen MR) is 103 cm³/mol. The van der Waals surface area contributed by atoms with Crippen LogP contribution in [0.4, 0.5) is 17.1 Å². The number of hydrogen-bond donors (Lipinski definition) is 4. The zero-order valence-corrected chi connectivity index (χ0v) is 15.6. The van der Waals surface area contributed by atoms with E-state index in [0.717, 1.165) is 28.9 Å². The lowest BCUT2D eigenvalue weighted by atomic mass is 10.1. The average Bonchev–Trinajstić information content (AvgIpc) is 2.55. The first-order valence-electron chi connectivity index (χ1n) is 7.29. The van der Waals surface area contributed by atoms with E-state index in [1.165, 1.54) is 6.07 Å². The Morgan fingerprint density at radius 3 is 2.46 bits per heavy atom. The van der Waals surface area contributed by atoms with Gasteiger partial charge >= 0.3 is 0 Å². The molecule has 0 aliphatic rings. The van der Waals surface area contributed by atoms with Crippen molar-refractivity contribution < 1.29 is 13.3 Å². The van der Waals surface area contributed by atoms with Gasteiger partial charge in [0.25, 0.3) is 5.69 Å². The summed E-state index contributed by atoms with van der Waals surface area (Å²) in [4.78, 5) is 10.1. The number of nitro benzene ring substituents is 1. The predicted octanol–water partition coefficient (Wildman–Crippen LogP) is 2.17. The SMILES string of the molecule is Cc1ccc(C)c(NC(=S)NNc2ccc(S(N)(=O)=O)cc2[N+](=O)[O-])c1. The molecule has 0 amide bonds. The van der Waals surface area contributed by atoms with Gasteiger partial charge in [-0.15, -0.1) is 0 Å². The van der Waals surface area contributed by atoms with E-state index in [2.05, 4.69) is 16.2 Å². The number of primary sulfonamides is 1. The molecule has 5 N–H and O–H groups in total. The number of nitrogens with zero attached hydrogens (tertiary/aromatic N) is 1. The first-order valence-corrected chi connectivity index (χ1v) is 9.25. The normalized spacial score (nSPS) is 10.9. The van der Waals surface area contributed by atoms with E-state index < -0.39 is 20.6 Å². The highest BCUT2D eigenvalue weighted by atomic mass is 32.2. The van der Waals surface area contributed by atoms with Gasteiger partial charge < -0.3 is 5.32 Å². The molecule has 0 unspecified atom stereocenters. The van der Waals surface area contributed by atoms with E-state index in [9.17, 15) is 18.5 Å². The average molecular weight is 395 g/mol. The number of thiocarbonyl (C=S) groups is 1. The Bertz CT molecular complexity index is 976. The molecule has 11 heteroatoms. The van der Waals surface area contributed by atoms with E-state index in [4.69, 9.17) is 17.4 Å². The number of anilines is 2. The Morgan fingerprint density at radius 1 is 1.15 bits per heavy atom. The lowest BCUT2D eigenvalue weighted by Crippen LogP contribution is -2.33. The van der Waals surface area contributed by atoms with Crippen LogP contribution in [0, 0.1) is 24.0 Å². The molecular weight excluding hydrogens is 378 g/mol. The first kappa shape index (κ1) is 19.6. The monoisotopic (exact) mass is 395 g/mol. The summed E-state index contributed by atoms with van der Waals surface area (Å²) in [6.45, 7) is 3.85. The van der Waals surface area contributed by atoms with Crippen LogP contribution in [0.5, 0.6) is 0 Å². The minimum absolute atomic E-state index is 0.0347. The Hall–Kier alpha value is -2.76. The lowest BCUT2D eigenvalue weighted by Gasteiger charge is -2.14. The molecule has 0 aromatic heterocycles. The van der Waals surface area contributed by atoms with Crippen LogP contribution in [0.15, 0.2) is 41.3 Å². The fourth-order valence-electron chi connectivity index (χ4n) is 2.09. The molecule has 0 spiro atoms. The van der Waals surface area contributed by atoms with Gasteiger partial charge in [0.15, 0.2) is 5.11 Å². The fraction of sp³-hybridized carbons (Fsp3) is 0.133. The van der Waals surface area contributed by atoms with E-state index in [1.54, 1.807) is 0 Å². The molecule has 0 fully saturated rings. The minimum Gasteiger partial charge on any atom is -0.331 e. The van der Waals surface area contributed by atoms with Crippen LogP contribution >= 0.6 is 12.2 Å². The Labute approximate surface area is 155 Å². The van der Waals surface area contributed by atoms with Crippen molar-refractivity contribution in [3.63, 3.8) is 0 Å². The van der Waals surface area contributed by atoms with Gasteiger partial charge in [0.05, 0.1) is 9.82 Å². The van der Waals surface area contributed by atoms with Gasteiger partial charge in [-0.25, -0.2) is 13.6 Å². The molecule has 0 aliphatic carbocycles. The summed E-state index contributed by atoms with van der Waals surface area (Å²) < 4.78 is 22.7. The van der Waals surface area contributed by atoms with Crippen molar-refractivity contribution in [2.75, 3.05) is 10.7 Å². The largest absolute Gasteiger partial charge is 0.331 e. The molecule has 0 radical (unpaired) electrons. The zero-order chi connectivity index (χ0) is 19.5. The minimum atomic E-state index is -4.05. The molecule has 26 heavy (non-hydrogen) atoms. The van der Waals surface area contributed by atoms with Gasteiger partial charge in [0.2, 0.25) is 10.0 Å². The Kier molecular flexibility index (Phi) is 5.75. The van der Waals surface area contributed by atoms with Gasteiger partial charge in [0.1, 0.15) is 5.69 Å². The van der Waals surface area contributed by atoms with Crippen LogP contribution in [0.3, 0.4) is 0 Å². The highest BCUT2D eigenvalue weighted by molar-refractivity contribution is 7.89. The molecular formula is C15H17N5O4S2. The number of rotatable bonds is 5. The maximum Gasteiger partial charge on any atom is 0.295 e. The topological polar surface area (TPSA) is 139 Å². The molecule has 0 aliphatic heterocycles. The van der Waals surface area contributed by atoms with Crippen LogP contribution in [-0.2, 0) is 10.0 Å². The van der Waals surface area contributed by atoms with Gasteiger partial charge in [-0.05, 0) is 55.4 Å². The van der Waals surface area contributed by atoms with Crippen LogP contribution in [0.2, 0.25) is 0 Å². The van der Waals surface area contributed by atoms with E-state index in [1.807, 2.05) is 32.0 Å². The van der Waals surface area contributed by atoms with Crippen molar-refractivity contribution in [1.29, 1.82) is 0 Å². The number of hydrogen-bond acceptors (Lipinski definition) is 6. The third-order valence-electron chi connectivity index (χ3n) is 3.45. The maximum absolute atomic E-state index is 11.3. The van der Waals surface area contributed by atoms with Crippen LogP contribution < -0.4 is 21.3 Å². The molecule has 0 saturated carbocycles. The number of benzene rings is 2. The quantitative estimate of drug-likeness (QED) is 0.343. The molecule has 2 rings (SSSR count). The van der Waals surface area contributed by atoms with Gasteiger partial charge in [-0.2, -0.15) is 0 Å². The van der Waals surface area contributed by atoms with Crippen molar-refractivity contribution in [2.45, 2.75) is 18.7 Å². The molecule has 2 aromatic rings. The summed E-state index contributed by atoms with van der Waals surface area (Å²) >= 11 is 5.16. The molecule has 0 bridgehead atoms. The van der Waals surface area contributed by atoms with Crippen LogP contribution in [0.1, 0.15) is 11.1 Å². The third-order valence-corrected chi connectivity index (χ3v) is 4.56. The van der Waals surface area contributed by atoms with Crippen molar-refractivity contribution in [3.05, 3.63) is 57.6 Å². The van der Waals surface area contributed by atoms with E-state index >= 15 is 0 Å². The number of nitrogens with one attached hydrogen (secondary N) is 3. The second-order valence-corrected chi connectivity index (χ2v) is 7.47. The summed E-state index contributed by atoms with van der Waals surface area (Å²) in [5.74, 6) is 0. The molecule has 0 saturated heterocycles. The highest BCUT2D eigenvalue weighted by Gasteiger charge is 2.19. The summed E-state index contributed by atoms with van der Waals surface area (Å²) in [6.07, 6.45) is 0. The number of nitrogens with two attached hydrogens (primary N) is 1. The standard InChI is InChI=1S/C15H17N5O4S2/c1-9-3-4-10(2)13(7-9)17-15(25)19-18-12-6-5-11(26(16,23)24)8-14(12)20(21)22/h3-8,18H,1-2H3,(H2,16,23,24)(H2,17,19,25). The highest BCUT2D eigenvalue weighted by Crippen LogP contribution is 2.26. The Balaban J connectivity index is 2.14. The van der Waals surface area contributed by atoms with Crippen LogP contribution in [-0.4, -0.2) is 18.5 Å². The number of aryl methyl sites for hydroxylation is 2. The second-order valence-electron chi connectivity index (χ2n) is 5.50. The molecule has 138 valence electrons. The third kappa shape index (κ3) is 4.88. The summed E-state index contributed by atoms with van der Waals surface area (Å²) in [6, 6.07) is 9.07. The van der Waals surface area contributed by atoms with Gasteiger partial charge in [-0.1, -0.05) is 12.1 Å². The summed E-state index contributed by atoms with van der Waals surface area (Å²) in [5, 5.41) is 19.3. The van der Waals surface area contributed by atoms with E-state index in [-0.39, 0.29) is 15.7 Å². The van der Waals surface area contributed by atoms with Crippen LogP contribution in [0.25, 0.3) is 0 Å². The number of sulfonamides is 1. The molecule has 2 aromatic carbocycles. The van der Waals surface area contributed by atoms with Crippen molar-refractivity contribution in [1.82, 2.24) is 5.43 Å². The van der Waals surface area contributed by atoms with Crippen molar-refractivity contribution in [2.24, 2.45) is 5.14 Å². The van der Waals surface area contributed by atoms with Gasteiger partial charge in [0, 0.05) is 11.8 Å². The van der Waals surface area contributed by atoms with Gasteiger partial charge in [-0.3, -0.25) is 21.0 Å². The number of hydrazine groups is 1. The number of nitro groups is 1. The maximum atomic E-state index is 11.3. The van der Waals surface area contributed by atoms with Crippen molar-refractivity contribution >= 4 is 44.4 Å². The fourth-order valence-corrected chi connectivity index (χ4v) is 2.79. The molecule has 9 nitrogen and oxygen atoms in total. The Morgan fingerprint density at radius 2 is 1.85 bits per heavy atom. The summed E-state index contributed by atoms with van der Waals surface area (Å²) in [7, 11) is -4.05.